The van der Waals surface area contributed by atoms with Crippen LogP contribution in [0.5, 0.6) is 0 Å². The van der Waals surface area contributed by atoms with Crippen molar-refractivity contribution >= 4 is 52.6 Å². The summed E-state index contributed by atoms with van der Waals surface area (Å²) in [6.45, 7) is 3.13. The predicted octanol–water partition coefficient (Wildman–Crippen LogP) is 5.01. The van der Waals surface area contributed by atoms with Crippen molar-refractivity contribution < 1.29 is 39.0 Å². The van der Waals surface area contributed by atoms with E-state index in [0.29, 0.717) is 16.8 Å². The van der Waals surface area contributed by atoms with Gasteiger partial charge in [-0.3, -0.25) is 19.2 Å². The number of hydrogen-bond acceptors (Lipinski definition) is 6. The molecule has 0 bridgehead atoms. The van der Waals surface area contributed by atoms with Crippen LogP contribution in [0.25, 0.3) is 0 Å². The Kier molecular flexibility index (Phi) is 7.31. The number of aromatic carboxylic acids is 2. The van der Waals surface area contributed by atoms with Crippen LogP contribution in [0.2, 0.25) is 0 Å². The largest absolute Gasteiger partial charge is 0.478 e. The Labute approximate surface area is 244 Å². The first-order chi connectivity index (χ1) is 20.5. The molecule has 0 aromatic heterocycles. The van der Waals surface area contributed by atoms with Gasteiger partial charge >= 0.3 is 11.9 Å². The van der Waals surface area contributed by atoms with E-state index < -0.39 is 35.6 Å². The number of carbonyl (C=O) groups excluding carboxylic acids is 4. The van der Waals surface area contributed by atoms with Crippen molar-refractivity contribution in [3.8, 4) is 0 Å². The maximum absolute atomic E-state index is 13.4. The molecule has 43 heavy (non-hydrogen) atoms. The fourth-order valence-corrected chi connectivity index (χ4v) is 4.80. The zero-order valence-electron chi connectivity index (χ0n) is 22.8. The highest BCUT2D eigenvalue weighted by atomic mass is 16.4. The van der Waals surface area contributed by atoms with E-state index in [1.54, 1.807) is 26.0 Å². The summed E-state index contributed by atoms with van der Waals surface area (Å²) in [7, 11) is 0. The summed E-state index contributed by atoms with van der Waals surface area (Å²) >= 11 is 0. The molecule has 0 spiro atoms. The lowest BCUT2D eigenvalue weighted by molar-refractivity contribution is 0.0685. The molecule has 4 N–H and O–H groups in total. The van der Waals surface area contributed by atoms with E-state index in [9.17, 15) is 39.0 Å². The summed E-state index contributed by atoms with van der Waals surface area (Å²) in [4.78, 5) is 76.4. The van der Waals surface area contributed by atoms with Crippen molar-refractivity contribution in [1.82, 2.24) is 0 Å². The van der Waals surface area contributed by atoms with Crippen molar-refractivity contribution in [3.63, 3.8) is 0 Å². The predicted molar refractivity (Wildman–Crippen MR) is 156 cm³/mol. The van der Waals surface area contributed by atoms with Crippen LogP contribution in [-0.4, -0.2) is 45.8 Å². The molecule has 0 saturated heterocycles. The maximum Gasteiger partial charge on any atom is 0.336 e. The molecule has 4 aromatic carbocycles. The molecule has 0 unspecified atom stereocenters. The zero-order valence-corrected chi connectivity index (χ0v) is 22.8. The fourth-order valence-electron chi connectivity index (χ4n) is 4.80. The highest BCUT2D eigenvalue weighted by Crippen LogP contribution is 2.30. The quantitative estimate of drug-likeness (QED) is 0.222. The van der Waals surface area contributed by atoms with Crippen LogP contribution in [0.1, 0.15) is 73.3 Å². The number of carbonyl (C=O) groups is 6. The van der Waals surface area contributed by atoms with Gasteiger partial charge < -0.3 is 20.8 Å². The third-order valence-corrected chi connectivity index (χ3v) is 7.14. The number of amides is 4. The summed E-state index contributed by atoms with van der Waals surface area (Å²) in [6.07, 6.45) is 0. The molecule has 0 aliphatic carbocycles. The molecule has 0 radical (unpaired) electrons. The van der Waals surface area contributed by atoms with Gasteiger partial charge in [-0.1, -0.05) is 18.2 Å². The highest BCUT2D eigenvalue weighted by Gasteiger charge is 2.37. The van der Waals surface area contributed by atoms with E-state index in [-0.39, 0.29) is 44.8 Å². The monoisotopic (exact) mass is 577 g/mol. The number of hydrogen-bond donors (Lipinski definition) is 4. The average molecular weight is 578 g/mol. The van der Waals surface area contributed by atoms with E-state index in [1.165, 1.54) is 66.7 Å². The lowest BCUT2D eigenvalue weighted by Crippen LogP contribution is -2.29. The molecule has 11 heteroatoms. The number of anilines is 3. The number of benzene rings is 4. The molecule has 5 rings (SSSR count). The van der Waals surface area contributed by atoms with Crippen molar-refractivity contribution in [2.75, 3.05) is 15.5 Å². The summed E-state index contributed by atoms with van der Waals surface area (Å²) in [6, 6.07) is 18.8. The van der Waals surface area contributed by atoms with Gasteiger partial charge in [-0.2, -0.15) is 0 Å². The van der Waals surface area contributed by atoms with E-state index in [0.717, 1.165) is 4.90 Å². The third kappa shape index (κ3) is 5.22. The third-order valence-electron chi connectivity index (χ3n) is 7.14. The van der Waals surface area contributed by atoms with Crippen molar-refractivity contribution in [3.05, 3.63) is 123 Å². The molecule has 1 aliphatic rings. The van der Waals surface area contributed by atoms with Crippen LogP contribution in [0.4, 0.5) is 17.1 Å². The first kappa shape index (κ1) is 28.4. The minimum absolute atomic E-state index is 0.00961. The van der Waals surface area contributed by atoms with Crippen molar-refractivity contribution in [2.45, 2.75) is 13.8 Å². The molecule has 4 aromatic rings. The zero-order chi connectivity index (χ0) is 31.0. The number of carboxylic acids is 2. The lowest BCUT2D eigenvalue weighted by Gasteiger charge is -2.15. The summed E-state index contributed by atoms with van der Waals surface area (Å²) < 4.78 is 0. The molecular weight excluding hydrogens is 554 g/mol. The molecule has 214 valence electrons. The molecule has 11 nitrogen and oxygen atoms in total. The van der Waals surface area contributed by atoms with E-state index in [1.807, 2.05) is 0 Å². The Balaban J connectivity index is 1.38. The lowest BCUT2D eigenvalue weighted by atomic mass is 10.0. The number of imide groups is 1. The molecule has 0 fully saturated rings. The first-order valence-corrected chi connectivity index (χ1v) is 12.9. The van der Waals surface area contributed by atoms with E-state index >= 15 is 0 Å². The normalized spacial score (nSPS) is 12.1. The van der Waals surface area contributed by atoms with E-state index in [4.69, 9.17) is 0 Å². The number of nitrogens with one attached hydrogen (secondary N) is 2. The Morgan fingerprint density at radius 3 is 1.63 bits per heavy atom. The second-order valence-corrected chi connectivity index (χ2v) is 9.73. The highest BCUT2D eigenvalue weighted by molar-refractivity contribution is 6.35. The average Bonchev–Trinajstić information content (AvgIpc) is 3.23. The Bertz CT molecular complexity index is 1900. The number of nitrogens with zero attached hydrogens (tertiary/aromatic N) is 1. The Hall–Kier alpha value is -6.10. The van der Waals surface area contributed by atoms with Crippen molar-refractivity contribution in [2.24, 2.45) is 0 Å². The Morgan fingerprint density at radius 2 is 1.09 bits per heavy atom. The molecule has 0 saturated carbocycles. The van der Waals surface area contributed by atoms with Crippen LogP contribution in [0.15, 0.2) is 78.9 Å². The van der Waals surface area contributed by atoms with E-state index in [2.05, 4.69) is 10.6 Å². The fraction of sp³-hybridized carbons (Fsp3) is 0.0625. The topological polar surface area (TPSA) is 170 Å². The molecular formula is C32H23N3O8. The standard InChI is InChI=1S/C32H23N3O8/c1-16-21(31(40)41)8-4-10-25(16)33-27(36)18-6-3-7-20(14-18)35-29(38)23-13-12-19(15-24(23)30(35)39)28(37)34-26-11-5-9-22(17(26)2)32(42)43/h3-15H,1-2H3,(H,33,36)(H,34,37)(H,40,41)(H,42,43). The van der Waals surface area contributed by atoms with Gasteiger partial charge in [0.05, 0.1) is 27.9 Å². The minimum atomic E-state index is -1.14. The van der Waals surface area contributed by atoms with Gasteiger partial charge in [-0.15, -0.1) is 0 Å². The second kappa shape index (κ2) is 11.1. The first-order valence-electron chi connectivity index (χ1n) is 12.9. The second-order valence-electron chi connectivity index (χ2n) is 9.73. The molecule has 4 amide bonds. The van der Waals surface area contributed by atoms with Crippen molar-refractivity contribution in [1.29, 1.82) is 0 Å². The van der Waals surface area contributed by atoms with Gasteiger partial charge in [0.2, 0.25) is 0 Å². The summed E-state index contributed by atoms with van der Waals surface area (Å²) in [5.74, 6) is -4.79. The van der Waals surface area contributed by atoms with Gasteiger partial charge in [0, 0.05) is 22.5 Å². The van der Waals surface area contributed by atoms with Crippen LogP contribution >= 0.6 is 0 Å². The number of rotatable bonds is 7. The SMILES string of the molecule is Cc1c(NC(=O)c2cccc(N3C(=O)c4ccc(C(=O)Nc5cccc(C(=O)O)c5C)cc4C3=O)c2)cccc1C(=O)O. The van der Waals surface area contributed by atoms with Crippen LogP contribution < -0.4 is 15.5 Å². The molecule has 1 aliphatic heterocycles. The van der Waals surface area contributed by atoms with Gasteiger partial charge in [0.15, 0.2) is 0 Å². The van der Waals surface area contributed by atoms with Crippen LogP contribution in [0.3, 0.4) is 0 Å². The molecule has 1 heterocycles. The number of fused-ring (bicyclic) bond motifs is 1. The van der Waals surface area contributed by atoms with Gasteiger partial charge in [0.25, 0.3) is 23.6 Å². The van der Waals surface area contributed by atoms with Crippen LogP contribution in [0, 0.1) is 13.8 Å². The summed E-state index contributed by atoms with van der Waals surface area (Å²) in [5, 5.41) is 24.0. The van der Waals surface area contributed by atoms with Gasteiger partial charge in [0.1, 0.15) is 0 Å². The molecule has 0 atom stereocenters. The number of carboxylic acid groups (broad SMARTS) is 2. The van der Waals surface area contributed by atoms with Crippen LogP contribution in [-0.2, 0) is 0 Å². The van der Waals surface area contributed by atoms with Gasteiger partial charge in [-0.05, 0) is 85.6 Å². The Morgan fingerprint density at radius 1 is 0.605 bits per heavy atom. The summed E-state index contributed by atoms with van der Waals surface area (Å²) in [5.41, 5.74) is 1.76. The smallest absolute Gasteiger partial charge is 0.336 e. The maximum atomic E-state index is 13.4. The van der Waals surface area contributed by atoms with Gasteiger partial charge in [-0.25, -0.2) is 14.5 Å². The minimum Gasteiger partial charge on any atom is -0.478 e.